The van der Waals surface area contributed by atoms with Crippen LogP contribution in [-0.4, -0.2) is 55.0 Å². The zero-order valence-corrected chi connectivity index (χ0v) is 12.9. The van der Waals surface area contributed by atoms with Crippen molar-refractivity contribution in [1.82, 2.24) is 4.90 Å². The van der Waals surface area contributed by atoms with Gasteiger partial charge in [0.2, 0.25) is 6.79 Å². The number of esters is 1. The van der Waals surface area contributed by atoms with Crippen LogP contribution < -0.4 is 14.8 Å². The summed E-state index contributed by atoms with van der Waals surface area (Å²) in [6.07, 6.45) is 0.397. The highest BCUT2D eigenvalue weighted by molar-refractivity contribution is 6.02. The molecule has 0 bridgehead atoms. The number of urea groups is 1. The van der Waals surface area contributed by atoms with Crippen molar-refractivity contribution in [2.24, 2.45) is 5.92 Å². The van der Waals surface area contributed by atoms with E-state index >= 15 is 0 Å². The smallest absolute Gasteiger partial charge is 0.340 e. The number of nitrogens with one attached hydrogen (secondary N) is 1. The fourth-order valence-corrected chi connectivity index (χ4v) is 2.66. The van der Waals surface area contributed by atoms with Crippen LogP contribution >= 0.6 is 0 Å². The van der Waals surface area contributed by atoms with Gasteiger partial charge in [0.1, 0.15) is 0 Å². The Morgan fingerprint density at radius 2 is 2.00 bits per heavy atom. The zero-order valence-electron chi connectivity index (χ0n) is 12.9. The lowest BCUT2D eigenvalue weighted by Crippen LogP contribution is -2.34. The van der Waals surface area contributed by atoms with Gasteiger partial charge in [0.15, 0.2) is 11.5 Å². The molecule has 1 unspecified atom stereocenters. The van der Waals surface area contributed by atoms with E-state index in [4.69, 9.17) is 19.3 Å². The monoisotopic (exact) mass is 336 g/mol. The predicted octanol–water partition coefficient (Wildman–Crippen LogP) is 1.14. The number of rotatable bonds is 3. The average Bonchev–Trinajstić information content (AvgIpc) is 3.22. The first kappa shape index (κ1) is 15.9. The van der Waals surface area contributed by atoms with Crippen LogP contribution in [0.2, 0.25) is 0 Å². The Labute approximate surface area is 137 Å². The minimum atomic E-state index is -0.927. The van der Waals surface area contributed by atoms with Crippen LogP contribution in [0.15, 0.2) is 12.1 Å². The summed E-state index contributed by atoms with van der Waals surface area (Å²) in [5.74, 6) is -1.34. The topological polar surface area (TPSA) is 114 Å². The molecule has 0 saturated carbocycles. The fraction of sp³-hybridized carbons (Fsp3) is 0.400. The summed E-state index contributed by atoms with van der Waals surface area (Å²) in [5.41, 5.74) is 0.346. The van der Waals surface area contributed by atoms with E-state index in [-0.39, 0.29) is 24.6 Å². The van der Waals surface area contributed by atoms with Gasteiger partial charge >= 0.3 is 18.0 Å². The highest BCUT2D eigenvalue weighted by atomic mass is 16.7. The first-order valence-electron chi connectivity index (χ1n) is 7.30. The van der Waals surface area contributed by atoms with E-state index in [0.29, 0.717) is 24.5 Å². The van der Waals surface area contributed by atoms with Crippen molar-refractivity contribution in [2.45, 2.75) is 6.42 Å². The molecule has 9 heteroatoms. The second kappa shape index (κ2) is 6.26. The Hall–Kier alpha value is -2.97. The molecular weight excluding hydrogens is 320 g/mol. The lowest BCUT2D eigenvalue weighted by atomic mass is 10.1. The van der Waals surface area contributed by atoms with Crippen molar-refractivity contribution in [2.75, 3.05) is 32.3 Å². The number of hydrogen-bond donors (Lipinski definition) is 2. The number of anilines is 1. The molecule has 1 fully saturated rings. The molecule has 2 amide bonds. The van der Waals surface area contributed by atoms with Gasteiger partial charge in [-0.2, -0.15) is 0 Å². The van der Waals surface area contributed by atoms with Gasteiger partial charge in [-0.25, -0.2) is 9.59 Å². The molecular formula is C15H16N2O7. The number of carbonyl (C=O) groups excluding carboxylic acids is 2. The molecule has 2 aliphatic rings. The highest BCUT2D eigenvalue weighted by Crippen LogP contribution is 2.37. The van der Waals surface area contributed by atoms with Crippen LogP contribution in [0.25, 0.3) is 0 Å². The molecule has 2 heterocycles. The fourth-order valence-electron chi connectivity index (χ4n) is 2.66. The summed E-state index contributed by atoms with van der Waals surface area (Å²) in [7, 11) is 1.23. The molecule has 3 rings (SSSR count). The predicted molar refractivity (Wildman–Crippen MR) is 80.2 cm³/mol. The summed E-state index contributed by atoms with van der Waals surface area (Å²) >= 11 is 0. The van der Waals surface area contributed by atoms with Gasteiger partial charge in [-0.1, -0.05) is 0 Å². The van der Waals surface area contributed by atoms with Gasteiger partial charge in [0.25, 0.3) is 0 Å². The maximum atomic E-state index is 12.3. The third-order valence-electron chi connectivity index (χ3n) is 3.98. The summed E-state index contributed by atoms with van der Waals surface area (Å²) in [5, 5.41) is 11.6. The molecule has 1 aromatic carbocycles. The van der Waals surface area contributed by atoms with Crippen molar-refractivity contribution < 1.29 is 33.7 Å². The SMILES string of the molecule is COC(=O)c1cc2c(cc1NC(=O)N1CCC(C(=O)O)C1)OCO2. The Bertz CT molecular complexity index is 703. The molecule has 9 nitrogen and oxygen atoms in total. The lowest BCUT2D eigenvalue weighted by molar-refractivity contribution is -0.141. The van der Waals surface area contributed by atoms with E-state index in [1.54, 1.807) is 0 Å². The molecule has 2 N–H and O–H groups in total. The number of hydrogen-bond acceptors (Lipinski definition) is 6. The minimum Gasteiger partial charge on any atom is -0.481 e. The average molecular weight is 336 g/mol. The third kappa shape index (κ3) is 2.92. The second-order valence-electron chi connectivity index (χ2n) is 5.44. The zero-order chi connectivity index (χ0) is 17.3. The van der Waals surface area contributed by atoms with Crippen LogP contribution in [0.1, 0.15) is 16.8 Å². The van der Waals surface area contributed by atoms with Gasteiger partial charge in [-0.05, 0) is 6.42 Å². The maximum absolute atomic E-state index is 12.3. The minimum absolute atomic E-state index is 0.0275. The van der Waals surface area contributed by atoms with Gasteiger partial charge in [-0.15, -0.1) is 0 Å². The number of carboxylic acid groups (broad SMARTS) is 1. The number of carbonyl (C=O) groups is 3. The summed E-state index contributed by atoms with van der Waals surface area (Å²) in [6.45, 7) is 0.486. The quantitative estimate of drug-likeness (QED) is 0.795. The number of likely N-dealkylation sites (tertiary alicyclic amines) is 1. The van der Waals surface area contributed by atoms with Crippen molar-refractivity contribution in [3.05, 3.63) is 17.7 Å². The van der Waals surface area contributed by atoms with Gasteiger partial charge in [0.05, 0.1) is 24.3 Å². The van der Waals surface area contributed by atoms with E-state index < -0.39 is 23.9 Å². The molecule has 0 spiro atoms. The molecule has 0 aliphatic carbocycles. The van der Waals surface area contributed by atoms with Crippen LogP contribution in [0.4, 0.5) is 10.5 Å². The number of aliphatic carboxylic acids is 1. The van der Waals surface area contributed by atoms with Crippen LogP contribution in [0, 0.1) is 5.92 Å². The van der Waals surface area contributed by atoms with Crippen molar-refractivity contribution >= 4 is 23.7 Å². The first-order valence-corrected chi connectivity index (χ1v) is 7.30. The number of benzene rings is 1. The van der Waals surface area contributed by atoms with Crippen LogP contribution in [0.3, 0.4) is 0 Å². The number of ether oxygens (including phenoxy) is 3. The Kier molecular flexibility index (Phi) is 4.15. The summed E-state index contributed by atoms with van der Waals surface area (Å²) < 4.78 is 15.2. The third-order valence-corrected chi connectivity index (χ3v) is 3.98. The first-order chi connectivity index (χ1) is 11.5. The normalized spacial score (nSPS) is 18.4. The van der Waals surface area contributed by atoms with Gasteiger partial charge in [0, 0.05) is 25.2 Å². The van der Waals surface area contributed by atoms with Gasteiger partial charge in [-0.3, -0.25) is 4.79 Å². The molecule has 1 aromatic rings. The number of fused-ring (bicyclic) bond motifs is 1. The molecule has 24 heavy (non-hydrogen) atoms. The van der Waals surface area contributed by atoms with Crippen LogP contribution in [0.5, 0.6) is 11.5 Å². The standard InChI is InChI=1S/C15H16N2O7/c1-22-14(20)9-4-11-12(24-7-23-11)5-10(9)16-15(21)17-3-2-8(6-17)13(18)19/h4-5,8H,2-3,6-7H2,1H3,(H,16,21)(H,18,19). The molecule has 0 radical (unpaired) electrons. The second-order valence-corrected chi connectivity index (χ2v) is 5.44. The van der Waals surface area contributed by atoms with E-state index in [0.717, 1.165) is 0 Å². The Morgan fingerprint density at radius 3 is 2.62 bits per heavy atom. The molecule has 128 valence electrons. The maximum Gasteiger partial charge on any atom is 0.340 e. The summed E-state index contributed by atoms with van der Waals surface area (Å²) in [6, 6.07) is 2.44. The lowest BCUT2D eigenvalue weighted by Gasteiger charge is -2.18. The van der Waals surface area contributed by atoms with Gasteiger partial charge < -0.3 is 29.5 Å². The van der Waals surface area contributed by atoms with E-state index in [1.165, 1.54) is 24.1 Å². The van der Waals surface area contributed by atoms with Crippen molar-refractivity contribution in [1.29, 1.82) is 0 Å². The molecule has 1 saturated heterocycles. The largest absolute Gasteiger partial charge is 0.481 e. The molecule has 2 aliphatic heterocycles. The van der Waals surface area contributed by atoms with Crippen LogP contribution in [-0.2, 0) is 9.53 Å². The molecule has 0 aromatic heterocycles. The van der Waals surface area contributed by atoms with E-state index in [9.17, 15) is 14.4 Å². The van der Waals surface area contributed by atoms with E-state index in [1.807, 2.05) is 0 Å². The Balaban J connectivity index is 1.80. The number of nitrogens with zero attached hydrogens (tertiary/aromatic N) is 1. The van der Waals surface area contributed by atoms with Crippen molar-refractivity contribution in [3.8, 4) is 11.5 Å². The molecule has 1 atom stereocenters. The highest BCUT2D eigenvalue weighted by Gasteiger charge is 2.31. The number of amides is 2. The Morgan fingerprint density at radius 1 is 1.29 bits per heavy atom. The number of carboxylic acids is 1. The summed E-state index contributed by atoms with van der Waals surface area (Å²) in [4.78, 5) is 36.6. The van der Waals surface area contributed by atoms with E-state index in [2.05, 4.69) is 5.32 Å². The number of methoxy groups -OCH3 is 1. The van der Waals surface area contributed by atoms with Crippen molar-refractivity contribution in [3.63, 3.8) is 0 Å².